The standard InChI is InChI=1S/C22H20O2/c23-16-20-12-7-13-22(24-17-19-10-5-2-6-11-19)21(20)15-14-18-8-3-1-4-9-18/h1-13,16H,14-15,17H2. The largest absolute Gasteiger partial charge is 0.489 e. The number of carbonyl (C=O) groups excluding carboxylic acids is 1. The maximum Gasteiger partial charge on any atom is 0.150 e. The van der Waals surface area contributed by atoms with Gasteiger partial charge in [0.1, 0.15) is 18.6 Å². The van der Waals surface area contributed by atoms with E-state index in [4.69, 9.17) is 4.74 Å². The number of aldehydes is 1. The molecule has 0 aliphatic carbocycles. The lowest BCUT2D eigenvalue weighted by Crippen LogP contribution is -2.03. The van der Waals surface area contributed by atoms with Crippen molar-refractivity contribution in [3.63, 3.8) is 0 Å². The van der Waals surface area contributed by atoms with E-state index in [1.54, 1.807) is 0 Å². The molecule has 0 spiro atoms. The Labute approximate surface area is 142 Å². The summed E-state index contributed by atoms with van der Waals surface area (Å²) in [7, 11) is 0. The van der Waals surface area contributed by atoms with Crippen LogP contribution in [-0.4, -0.2) is 6.29 Å². The maximum atomic E-state index is 11.4. The lowest BCUT2D eigenvalue weighted by molar-refractivity contribution is 0.112. The molecular weight excluding hydrogens is 296 g/mol. The van der Waals surface area contributed by atoms with Crippen LogP contribution in [0, 0.1) is 0 Å². The third kappa shape index (κ3) is 4.11. The molecule has 0 atom stereocenters. The first-order valence-corrected chi connectivity index (χ1v) is 8.14. The van der Waals surface area contributed by atoms with Gasteiger partial charge in [0.2, 0.25) is 0 Å². The highest BCUT2D eigenvalue weighted by molar-refractivity contribution is 5.78. The molecule has 0 saturated heterocycles. The normalized spacial score (nSPS) is 10.3. The van der Waals surface area contributed by atoms with Crippen LogP contribution in [0.1, 0.15) is 27.0 Å². The first-order valence-electron chi connectivity index (χ1n) is 8.14. The summed E-state index contributed by atoms with van der Waals surface area (Å²) in [5.74, 6) is 0.791. The average Bonchev–Trinajstić information content (AvgIpc) is 2.66. The highest BCUT2D eigenvalue weighted by atomic mass is 16.5. The smallest absolute Gasteiger partial charge is 0.150 e. The van der Waals surface area contributed by atoms with Crippen molar-refractivity contribution < 1.29 is 9.53 Å². The van der Waals surface area contributed by atoms with Gasteiger partial charge in [-0.2, -0.15) is 0 Å². The van der Waals surface area contributed by atoms with E-state index in [0.29, 0.717) is 12.2 Å². The summed E-state index contributed by atoms with van der Waals surface area (Å²) in [6, 6.07) is 26.0. The Morgan fingerprint density at radius 3 is 2.04 bits per heavy atom. The van der Waals surface area contributed by atoms with E-state index in [1.807, 2.05) is 66.7 Å². The quantitative estimate of drug-likeness (QED) is 0.582. The second-order valence-electron chi connectivity index (χ2n) is 5.70. The van der Waals surface area contributed by atoms with Crippen LogP contribution in [0.2, 0.25) is 0 Å². The Balaban J connectivity index is 1.77. The molecule has 0 bridgehead atoms. The molecule has 0 radical (unpaired) electrons. The predicted octanol–water partition coefficient (Wildman–Crippen LogP) is 4.86. The third-order valence-electron chi connectivity index (χ3n) is 4.04. The molecule has 0 fully saturated rings. The Bertz CT molecular complexity index is 780. The molecule has 0 saturated carbocycles. The first kappa shape index (κ1) is 16.0. The van der Waals surface area contributed by atoms with Crippen molar-refractivity contribution in [2.24, 2.45) is 0 Å². The van der Waals surface area contributed by atoms with Crippen LogP contribution in [0.25, 0.3) is 0 Å². The number of hydrogen-bond acceptors (Lipinski definition) is 2. The van der Waals surface area contributed by atoms with Crippen molar-refractivity contribution in [2.75, 3.05) is 0 Å². The molecule has 0 aromatic heterocycles. The van der Waals surface area contributed by atoms with E-state index >= 15 is 0 Å². The minimum Gasteiger partial charge on any atom is -0.489 e. The number of ether oxygens (including phenoxy) is 1. The Kier molecular flexibility index (Phi) is 5.41. The van der Waals surface area contributed by atoms with E-state index in [-0.39, 0.29) is 0 Å². The van der Waals surface area contributed by atoms with Gasteiger partial charge in [0, 0.05) is 11.1 Å². The van der Waals surface area contributed by atoms with Crippen molar-refractivity contribution in [2.45, 2.75) is 19.4 Å². The fourth-order valence-corrected chi connectivity index (χ4v) is 2.75. The highest BCUT2D eigenvalue weighted by Gasteiger charge is 2.10. The molecule has 0 unspecified atom stereocenters. The molecular formula is C22H20O2. The summed E-state index contributed by atoms with van der Waals surface area (Å²) in [6.07, 6.45) is 2.58. The van der Waals surface area contributed by atoms with Gasteiger partial charge in [0.25, 0.3) is 0 Å². The maximum absolute atomic E-state index is 11.4. The lowest BCUT2D eigenvalue weighted by Gasteiger charge is -2.13. The van der Waals surface area contributed by atoms with Gasteiger partial charge in [-0.05, 0) is 30.0 Å². The molecule has 24 heavy (non-hydrogen) atoms. The van der Waals surface area contributed by atoms with E-state index in [1.165, 1.54) is 5.56 Å². The highest BCUT2D eigenvalue weighted by Crippen LogP contribution is 2.24. The van der Waals surface area contributed by atoms with E-state index in [9.17, 15) is 4.79 Å². The number of rotatable bonds is 7. The van der Waals surface area contributed by atoms with E-state index < -0.39 is 0 Å². The van der Waals surface area contributed by atoms with E-state index in [0.717, 1.165) is 36.0 Å². The van der Waals surface area contributed by atoms with Crippen molar-refractivity contribution in [3.8, 4) is 5.75 Å². The Morgan fingerprint density at radius 2 is 1.38 bits per heavy atom. The molecule has 2 nitrogen and oxygen atoms in total. The predicted molar refractivity (Wildman–Crippen MR) is 96.5 cm³/mol. The number of aryl methyl sites for hydroxylation is 1. The molecule has 2 heteroatoms. The van der Waals surface area contributed by atoms with Gasteiger partial charge >= 0.3 is 0 Å². The van der Waals surface area contributed by atoms with Crippen LogP contribution in [-0.2, 0) is 19.4 Å². The first-order chi connectivity index (χ1) is 11.9. The van der Waals surface area contributed by atoms with Gasteiger partial charge < -0.3 is 4.74 Å². The minimum atomic E-state index is 0.501. The molecule has 0 heterocycles. The fraction of sp³-hybridized carbons (Fsp3) is 0.136. The number of carbonyl (C=O) groups is 1. The molecule has 3 aromatic rings. The minimum absolute atomic E-state index is 0.501. The SMILES string of the molecule is O=Cc1cccc(OCc2ccccc2)c1CCc1ccccc1. The van der Waals surface area contributed by atoms with Crippen molar-refractivity contribution >= 4 is 6.29 Å². The molecule has 3 aromatic carbocycles. The zero-order valence-corrected chi connectivity index (χ0v) is 13.5. The van der Waals surface area contributed by atoms with Crippen molar-refractivity contribution in [1.29, 1.82) is 0 Å². The lowest BCUT2D eigenvalue weighted by atomic mass is 9.99. The summed E-state index contributed by atoms with van der Waals surface area (Å²) in [5, 5.41) is 0. The topological polar surface area (TPSA) is 26.3 Å². The molecule has 0 amide bonds. The molecule has 0 aliphatic rings. The Hall–Kier alpha value is -2.87. The van der Waals surface area contributed by atoms with Crippen LogP contribution in [0.15, 0.2) is 78.9 Å². The summed E-state index contributed by atoms with van der Waals surface area (Å²) < 4.78 is 6.00. The number of hydrogen-bond donors (Lipinski definition) is 0. The summed E-state index contributed by atoms with van der Waals surface area (Å²) >= 11 is 0. The van der Waals surface area contributed by atoms with Gasteiger partial charge in [0.15, 0.2) is 0 Å². The second-order valence-corrected chi connectivity index (χ2v) is 5.70. The summed E-state index contributed by atoms with van der Waals surface area (Å²) in [4.78, 5) is 11.4. The molecule has 3 rings (SSSR count). The second kappa shape index (κ2) is 8.11. The van der Waals surface area contributed by atoms with Crippen LogP contribution in [0.4, 0.5) is 0 Å². The third-order valence-corrected chi connectivity index (χ3v) is 4.04. The van der Waals surface area contributed by atoms with Crippen LogP contribution in [0.3, 0.4) is 0 Å². The van der Waals surface area contributed by atoms with Gasteiger partial charge in [0.05, 0.1) is 0 Å². The monoisotopic (exact) mass is 316 g/mol. The van der Waals surface area contributed by atoms with Gasteiger partial charge in [-0.1, -0.05) is 72.8 Å². The summed E-state index contributed by atoms with van der Waals surface area (Å²) in [5.41, 5.74) is 4.05. The number of benzene rings is 3. The zero-order chi connectivity index (χ0) is 16.6. The van der Waals surface area contributed by atoms with Crippen LogP contribution >= 0.6 is 0 Å². The molecule has 0 N–H and O–H groups in total. The van der Waals surface area contributed by atoms with Gasteiger partial charge in [-0.25, -0.2) is 0 Å². The van der Waals surface area contributed by atoms with Crippen molar-refractivity contribution in [3.05, 3.63) is 101 Å². The molecule has 120 valence electrons. The Morgan fingerprint density at radius 1 is 0.708 bits per heavy atom. The van der Waals surface area contributed by atoms with Gasteiger partial charge in [-0.3, -0.25) is 4.79 Å². The van der Waals surface area contributed by atoms with Crippen LogP contribution < -0.4 is 4.74 Å². The fourth-order valence-electron chi connectivity index (χ4n) is 2.75. The van der Waals surface area contributed by atoms with Crippen molar-refractivity contribution in [1.82, 2.24) is 0 Å². The average molecular weight is 316 g/mol. The summed E-state index contributed by atoms with van der Waals surface area (Å²) in [6.45, 7) is 0.501. The van der Waals surface area contributed by atoms with Gasteiger partial charge in [-0.15, -0.1) is 0 Å². The van der Waals surface area contributed by atoms with Crippen LogP contribution in [0.5, 0.6) is 5.75 Å². The van der Waals surface area contributed by atoms with E-state index in [2.05, 4.69) is 12.1 Å². The molecule has 0 aliphatic heterocycles. The zero-order valence-electron chi connectivity index (χ0n) is 13.5.